The molecule has 1 saturated heterocycles. The number of carbonyl (C=O) groups excluding carboxylic acids is 3. The van der Waals surface area contributed by atoms with Gasteiger partial charge in [0.1, 0.15) is 0 Å². The van der Waals surface area contributed by atoms with Crippen LogP contribution in [0.1, 0.15) is 47.4 Å². The van der Waals surface area contributed by atoms with Crippen LogP contribution in [0.25, 0.3) is 0 Å². The van der Waals surface area contributed by atoms with Crippen molar-refractivity contribution in [3.05, 3.63) is 35.4 Å². The van der Waals surface area contributed by atoms with Crippen molar-refractivity contribution in [2.24, 2.45) is 5.92 Å². The maximum atomic E-state index is 12.6. The van der Waals surface area contributed by atoms with Gasteiger partial charge in [0.25, 0.3) is 11.8 Å². The van der Waals surface area contributed by atoms with Gasteiger partial charge in [-0.2, -0.15) is 0 Å². The van der Waals surface area contributed by atoms with Gasteiger partial charge < -0.3 is 4.90 Å². The third-order valence-electron chi connectivity index (χ3n) is 5.15. The van der Waals surface area contributed by atoms with Crippen LogP contribution in [0, 0.1) is 5.92 Å². The van der Waals surface area contributed by atoms with Crippen molar-refractivity contribution in [3.8, 4) is 0 Å². The van der Waals surface area contributed by atoms with Crippen molar-refractivity contribution in [1.29, 1.82) is 0 Å². The van der Waals surface area contributed by atoms with Crippen molar-refractivity contribution in [3.63, 3.8) is 0 Å². The smallest absolute Gasteiger partial charge is 0.262 e. The number of hydrogen-bond acceptors (Lipinski definition) is 4. The Hall–Kier alpha value is -2.21. The van der Waals surface area contributed by atoms with E-state index in [9.17, 15) is 14.4 Å². The average molecular weight is 343 g/mol. The van der Waals surface area contributed by atoms with Crippen LogP contribution in [-0.2, 0) is 4.79 Å². The molecule has 6 nitrogen and oxygen atoms in total. The Morgan fingerprint density at radius 3 is 2.28 bits per heavy atom. The predicted octanol–water partition coefficient (Wildman–Crippen LogP) is 1.82. The molecule has 134 valence electrons. The number of rotatable bonds is 5. The molecule has 0 N–H and O–H groups in total. The van der Waals surface area contributed by atoms with E-state index in [-0.39, 0.29) is 30.3 Å². The van der Waals surface area contributed by atoms with E-state index in [1.807, 2.05) is 18.7 Å². The summed E-state index contributed by atoms with van der Waals surface area (Å²) in [6.45, 7) is 7.06. The fourth-order valence-corrected chi connectivity index (χ4v) is 3.75. The van der Waals surface area contributed by atoms with Crippen LogP contribution in [-0.4, -0.2) is 65.3 Å². The van der Waals surface area contributed by atoms with Gasteiger partial charge in [-0.15, -0.1) is 0 Å². The lowest BCUT2D eigenvalue weighted by Gasteiger charge is -2.35. The minimum atomic E-state index is -0.238. The molecular formula is C19H25N3O3. The van der Waals surface area contributed by atoms with E-state index in [0.29, 0.717) is 30.8 Å². The number of carbonyl (C=O) groups is 3. The van der Waals surface area contributed by atoms with Crippen molar-refractivity contribution < 1.29 is 14.4 Å². The normalized spacial score (nSPS) is 20.7. The van der Waals surface area contributed by atoms with Crippen LogP contribution in [0.4, 0.5) is 0 Å². The Morgan fingerprint density at radius 2 is 1.72 bits per heavy atom. The van der Waals surface area contributed by atoms with Crippen LogP contribution in [0.2, 0.25) is 0 Å². The van der Waals surface area contributed by atoms with Crippen molar-refractivity contribution >= 4 is 17.7 Å². The monoisotopic (exact) mass is 343 g/mol. The number of hydrogen-bond donors (Lipinski definition) is 0. The second kappa shape index (κ2) is 7.35. The Bertz CT molecular complexity index is 649. The maximum Gasteiger partial charge on any atom is 0.262 e. The number of nitrogens with zero attached hydrogens (tertiary/aromatic N) is 3. The molecule has 0 bridgehead atoms. The first-order valence-corrected chi connectivity index (χ1v) is 9.03. The Balaban J connectivity index is 1.67. The Labute approximate surface area is 148 Å². The van der Waals surface area contributed by atoms with Crippen molar-refractivity contribution in [2.75, 3.05) is 32.8 Å². The quantitative estimate of drug-likeness (QED) is 0.765. The molecule has 3 rings (SSSR count). The van der Waals surface area contributed by atoms with E-state index >= 15 is 0 Å². The molecule has 0 radical (unpaired) electrons. The van der Waals surface area contributed by atoms with E-state index in [1.165, 1.54) is 4.90 Å². The summed E-state index contributed by atoms with van der Waals surface area (Å²) in [5, 5.41) is 0. The zero-order valence-electron chi connectivity index (χ0n) is 14.9. The highest BCUT2D eigenvalue weighted by Crippen LogP contribution is 2.25. The molecule has 0 spiro atoms. The fourth-order valence-electron chi connectivity index (χ4n) is 3.75. The summed E-state index contributed by atoms with van der Waals surface area (Å²) >= 11 is 0. The van der Waals surface area contributed by atoms with Gasteiger partial charge >= 0.3 is 0 Å². The largest absolute Gasteiger partial charge is 0.343 e. The average Bonchev–Trinajstić information content (AvgIpc) is 2.88. The lowest BCUT2D eigenvalue weighted by molar-refractivity contribution is -0.137. The highest BCUT2D eigenvalue weighted by Gasteiger charge is 2.37. The lowest BCUT2D eigenvalue weighted by Crippen LogP contribution is -2.49. The van der Waals surface area contributed by atoms with Crippen LogP contribution in [0.5, 0.6) is 0 Å². The minimum Gasteiger partial charge on any atom is -0.343 e. The summed E-state index contributed by atoms with van der Waals surface area (Å²) < 4.78 is 0. The number of benzene rings is 1. The summed E-state index contributed by atoms with van der Waals surface area (Å²) in [5.41, 5.74) is 0.945. The number of likely N-dealkylation sites (tertiary alicyclic amines) is 1. The predicted molar refractivity (Wildman–Crippen MR) is 94.0 cm³/mol. The highest BCUT2D eigenvalue weighted by atomic mass is 16.2. The zero-order chi connectivity index (χ0) is 18.0. The summed E-state index contributed by atoms with van der Waals surface area (Å²) in [6, 6.07) is 6.93. The van der Waals surface area contributed by atoms with Crippen LogP contribution in [0.15, 0.2) is 24.3 Å². The van der Waals surface area contributed by atoms with Gasteiger partial charge in [-0.25, -0.2) is 0 Å². The Morgan fingerprint density at radius 1 is 1.12 bits per heavy atom. The van der Waals surface area contributed by atoms with Crippen molar-refractivity contribution in [2.45, 2.75) is 26.7 Å². The van der Waals surface area contributed by atoms with Gasteiger partial charge in [0, 0.05) is 19.6 Å². The van der Waals surface area contributed by atoms with E-state index < -0.39 is 0 Å². The van der Waals surface area contributed by atoms with Crippen LogP contribution in [0.3, 0.4) is 0 Å². The molecular weight excluding hydrogens is 318 g/mol. The van der Waals surface area contributed by atoms with Gasteiger partial charge in [-0.05, 0) is 45.4 Å². The summed E-state index contributed by atoms with van der Waals surface area (Å²) in [6.07, 6.45) is 1.77. The topological polar surface area (TPSA) is 60.9 Å². The summed E-state index contributed by atoms with van der Waals surface area (Å²) in [5.74, 6) is -0.350. The molecule has 1 fully saturated rings. The second-order valence-electron chi connectivity index (χ2n) is 6.65. The molecule has 6 heteroatoms. The molecule has 3 amide bonds. The first-order chi connectivity index (χ1) is 12.1. The van der Waals surface area contributed by atoms with E-state index in [4.69, 9.17) is 0 Å². The molecule has 2 heterocycles. The van der Waals surface area contributed by atoms with Gasteiger partial charge in [0.2, 0.25) is 5.91 Å². The molecule has 2 aliphatic heterocycles. The minimum absolute atomic E-state index is 0.0520. The number of amides is 3. The third-order valence-corrected chi connectivity index (χ3v) is 5.15. The summed E-state index contributed by atoms with van der Waals surface area (Å²) in [7, 11) is 0. The SMILES string of the molecule is CCN(CC)C(=O)[C@H]1CCCN(CN2C(=O)c3ccccc3C2=O)C1. The van der Waals surface area contributed by atoms with Crippen LogP contribution < -0.4 is 0 Å². The first-order valence-electron chi connectivity index (χ1n) is 9.03. The molecule has 1 atom stereocenters. The molecule has 0 unspecified atom stereocenters. The number of piperidine rings is 1. The molecule has 1 aromatic rings. The molecule has 0 aliphatic carbocycles. The highest BCUT2D eigenvalue weighted by molar-refractivity contribution is 6.21. The van der Waals surface area contributed by atoms with Crippen molar-refractivity contribution in [1.82, 2.24) is 14.7 Å². The fraction of sp³-hybridized carbons (Fsp3) is 0.526. The standard InChI is InChI=1S/C19H25N3O3/c1-3-21(4-2)17(23)14-8-7-11-20(12-14)13-22-18(24)15-9-5-6-10-16(15)19(22)25/h5-6,9-10,14H,3-4,7-8,11-13H2,1-2H3/t14-/m0/s1. The molecule has 0 saturated carbocycles. The van der Waals surface area contributed by atoms with Gasteiger partial charge in [0.05, 0.1) is 23.7 Å². The summed E-state index contributed by atoms with van der Waals surface area (Å²) in [4.78, 5) is 42.8. The van der Waals surface area contributed by atoms with E-state index in [2.05, 4.69) is 4.90 Å². The van der Waals surface area contributed by atoms with Gasteiger partial charge in [-0.1, -0.05) is 12.1 Å². The number of fused-ring (bicyclic) bond motifs is 1. The third kappa shape index (κ3) is 3.31. The maximum absolute atomic E-state index is 12.6. The number of imide groups is 1. The second-order valence-corrected chi connectivity index (χ2v) is 6.65. The van der Waals surface area contributed by atoms with Gasteiger partial charge in [0.15, 0.2) is 0 Å². The molecule has 0 aromatic heterocycles. The van der Waals surface area contributed by atoms with E-state index in [1.54, 1.807) is 24.3 Å². The molecule has 1 aromatic carbocycles. The van der Waals surface area contributed by atoms with Gasteiger partial charge in [-0.3, -0.25) is 24.2 Å². The lowest BCUT2D eigenvalue weighted by atomic mass is 9.96. The van der Waals surface area contributed by atoms with Crippen LogP contribution >= 0.6 is 0 Å². The first kappa shape index (κ1) is 17.6. The molecule has 25 heavy (non-hydrogen) atoms. The van der Waals surface area contributed by atoms with E-state index in [0.717, 1.165) is 19.4 Å². The zero-order valence-corrected chi connectivity index (χ0v) is 14.9. The Kier molecular flexibility index (Phi) is 5.18. The molecule has 2 aliphatic rings.